The van der Waals surface area contributed by atoms with Gasteiger partial charge in [-0.1, -0.05) is 0 Å². The average molecular weight is 180 g/mol. The van der Waals surface area contributed by atoms with E-state index in [-0.39, 0.29) is 18.6 Å². The molecule has 1 heterocycles. The minimum absolute atomic E-state index is 0.0891. The Hall–Kier alpha value is 0.170. The molecule has 0 aromatic rings. The molecule has 2 atom stereocenters. The fourth-order valence-corrected chi connectivity index (χ4v) is 1.64. The number of piperidine rings is 1. The minimum atomic E-state index is 0.0891. The molecular weight excluding hydrogens is 166 g/mol. The van der Waals surface area contributed by atoms with Gasteiger partial charge in [-0.25, -0.2) is 4.42 Å². The summed E-state index contributed by atoms with van der Waals surface area (Å²) in [7, 11) is 1.66. The maximum absolute atomic E-state index is 8.94. The Labute approximate surface area is 72.0 Å². The normalized spacial score (nSPS) is 34.1. The van der Waals surface area contributed by atoms with Crippen molar-refractivity contribution in [2.45, 2.75) is 12.5 Å². The van der Waals surface area contributed by atoms with Gasteiger partial charge in [0, 0.05) is 32.7 Å². The molecule has 2 unspecified atom stereocenters. The van der Waals surface area contributed by atoms with Crippen molar-refractivity contribution in [3.8, 4) is 0 Å². The van der Waals surface area contributed by atoms with E-state index in [1.54, 1.807) is 11.5 Å². The lowest BCUT2D eigenvalue weighted by Gasteiger charge is -2.32. The van der Waals surface area contributed by atoms with Crippen LogP contribution in [-0.2, 0) is 4.74 Å². The summed E-state index contributed by atoms with van der Waals surface area (Å²) in [5.74, 6) is 0.259. The zero-order valence-electron chi connectivity index (χ0n) is 6.66. The molecule has 0 amide bonds. The van der Waals surface area contributed by atoms with E-state index in [9.17, 15) is 0 Å². The summed E-state index contributed by atoms with van der Waals surface area (Å²) >= 11 is 5.78. The van der Waals surface area contributed by atoms with Crippen LogP contribution in [0.2, 0.25) is 0 Å². The zero-order chi connectivity index (χ0) is 8.27. The lowest BCUT2D eigenvalue weighted by molar-refractivity contribution is -0.00978. The molecule has 1 aliphatic rings. The van der Waals surface area contributed by atoms with E-state index >= 15 is 0 Å². The van der Waals surface area contributed by atoms with Crippen LogP contribution < -0.4 is 0 Å². The van der Waals surface area contributed by atoms with Gasteiger partial charge in [0.05, 0.1) is 6.10 Å². The van der Waals surface area contributed by atoms with Crippen molar-refractivity contribution in [3.63, 3.8) is 0 Å². The summed E-state index contributed by atoms with van der Waals surface area (Å²) in [4.78, 5) is 0. The van der Waals surface area contributed by atoms with E-state index in [0.29, 0.717) is 6.54 Å². The van der Waals surface area contributed by atoms with Crippen LogP contribution >= 0.6 is 11.8 Å². The van der Waals surface area contributed by atoms with Crippen molar-refractivity contribution in [2.24, 2.45) is 5.92 Å². The molecular formula is C7H14ClNO2. The first-order valence-corrected chi connectivity index (χ1v) is 4.16. The van der Waals surface area contributed by atoms with E-state index in [4.69, 9.17) is 21.6 Å². The summed E-state index contributed by atoms with van der Waals surface area (Å²) in [6, 6.07) is 0. The molecule has 0 aromatic carbocycles. The third-order valence-corrected chi connectivity index (χ3v) is 2.49. The number of aliphatic hydroxyl groups is 1. The second-order valence-corrected chi connectivity index (χ2v) is 3.35. The van der Waals surface area contributed by atoms with Crippen molar-refractivity contribution in [2.75, 3.05) is 26.8 Å². The van der Waals surface area contributed by atoms with Gasteiger partial charge in [-0.2, -0.15) is 0 Å². The van der Waals surface area contributed by atoms with Crippen LogP contribution in [0, 0.1) is 5.92 Å². The molecule has 0 saturated carbocycles. The molecule has 11 heavy (non-hydrogen) atoms. The second kappa shape index (κ2) is 4.26. The molecule has 66 valence electrons. The lowest BCUT2D eigenvalue weighted by Crippen LogP contribution is -2.41. The van der Waals surface area contributed by atoms with Crippen LogP contribution in [0.1, 0.15) is 6.42 Å². The van der Waals surface area contributed by atoms with Crippen LogP contribution in [-0.4, -0.2) is 42.4 Å². The van der Waals surface area contributed by atoms with Crippen molar-refractivity contribution in [1.82, 2.24) is 4.42 Å². The lowest BCUT2D eigenvalue weighted by atomic mass is 9.96. The first-order chi connectivity index (χ1) is 5.27. The van der Waals surface area contributed by atoms with Gasteiger partial charge in [0.2, 0.25) is 0 Å². The van der Waals surface area contributed by atoms with Crippen molar-refractivity contribution >= 4 is 11.8 Å². The fourth-order valence-electron chi connectivity index (χ4n) is 1.40. The Morgan fingerprint density at radius 1 is 1.73 bits per heavy atom. The molecule has 0 radical (unpaired) electrons. The van der Waals surface area contributed by atoms with Gasteiger partial charge in [0.1, 0.15) is 0 Å². The Morgan fingerprint density at radius 2 is 2.45 bits per heavy atom. The van der Waals surface area contributed by atoms with E-state index in [1.165, 1.54) is 0 Å². The number of ether oxygens (including phenoxy) is 1. The quantitative estimate of drug-likeness (QED) is 0.626. The molecule has 4 heteroatoms. The topological polar surface area (TPSA) is 32.7 Å². The maximum Gasteiger partial charge on any atom is 0.0761 e. The molecule has 1 saturated heterocycles. The molecule has 1 rings (SSSR count). The highest BCUT2D eigenvalue weighted by molar-refractivity contribution is 6.13. The Kier molecular flexibility index (Phi) is 3.59. The summed E-state index contributed by atoms with van der Waals surface area (Å²) in [6.45, 7) is 1.75. The maximum atomic E-state index is 8.94. The zero-order valence-corrected chi connectivity index (χ0v) is 7.42. The SMILES string of the molecule is COC1CN(Cl)CCC1CO. The van der Waals surface area contributed by atoms with Gasteiger partial charge in [-0.3, -0.25) is 0 Å². The van der Waals surface area contributed by atoms with Crippen LogP contribution in [0.25, 0.3) is 0 Å². The second-order valence-electron chi connectivity index (χ2n) is 2.87. The molecule has 1 N–H and O–H groups in total. The predicted octanol–water partition coefficient (Wildman–Crippen LogP) is 0.469. The summed E-state index contributed by atoms with van der Waals surface area (Å²) in [5.41, 5.74) is 0. The monoisotopic (exact) mass is 179 g/mol. The minimum Gasteiger partial charge on any atom is -0.396 e. The summed E-state index contributed by atoms with van der Waals surface area (Å²) in [6.07, 6.45) is 1.00. The van der Waals surface area contributed by atoms with Crippen molar-refractivity contribution < 1.29 is 9.84 Å². The first kappa shape index (κ1) is 9.26. The van der Waals surface area contributed by atoms with Gasteiger partial charge < -0.3 is 9.84 Å². The number of hydrogen-bond donors (Lipinski definition) is 1. The van der Waals surface area contributed by atoms with Crippen LogP contribution in [0.5, 0.6) is 0 Å². The van der Waals surface area contributed by atoms with Gasteiger partial charge >= 0.3 is 0 Å². The van der Waals surface area contributed by atoms with Gasteiger partial charge in [-0.05, 0) is 18.2 Å². The Morgan fingerprint density at radius 3 is 3.00 bits per heavy atom. The Bertz CT molecular complexity index is 123. The summed E-state index contributed by atoms with van der Waals surface area (Å²) in [5, 5.41) is 8.94. The Balaban J connectivity index is 2.41. The highest BCUT2D eigenvalue weighted by atomic mass is 35.5. The van der Waals surface area contributed by atoms with Gasteiger partial charge in [0.25, 0.3) is 0 Å². The van der Waals surface area contributed by atoms with Crippen LogP contribution in [0.4, 0.5) is 0 Å². The molecule has 1 aliphatic heterocycles. The van der Waals surface area contributed by atoms with Crippen molar-refractivity contribution in [1.29, 1.82) is 0 Å². The van der Waals surface area contributed by atoms with Crippen LogP contribution in [0.15, 0.2) is 0 Å². The van der Waals surface area contributed by atoms with E-state index < -0.39 is 0 Å². The molecule has 0 aromatic heterocycles. The number of methoxy groups -OCH3 is 1. The van der Waals surface area contributed by atoms with E-state index in [1.807, 2.05) is 0 Å². The number of hydrogen-bond acceptors (Lipinski definition) is 3. The predicted molar refractivity (Wildman–Crippen MR) is 43.4 cm³/mol. The van der Waals surface area contributed by atoms with E-state index in [2.05, 4.69) is 0 Å². The highest BCUT2D eigenvalue weighted by Crippen LogP contribution is 2.20. The smallest absolute Gasteiger partial charge is 0.0761 e. The summed E-state index contributed by atoms with van der Waals surface area (Å²) < 4.78 is 6.89. The van der Waals surface area contributed by atoms with Crippen molar-refractivity contribution in [3.05, 3.63) is 0 Å². The average Bonchev–Trinajstić information content (AvgIpc) is 2.04. The van der Waals surface area contributed by atoms with E-state index in [0.717, 1.165) is 13.0 Å². The third kappa shape index (κ3) is 2.30. The first-order valence-electron chi connectivity index (χ1n) is 3.82. The molecule has 0 spiro atoms. The number of rotatable bonds is 2. The third-order valence-electron chi connectivity index (χ3n) is 2.18. The van der Waals surface area contributed by atoms with Gasteiger partial charge in [-0.15, -0.1) is 0 Å². The fraction of sp³-hybridized carbons (Fsp3) is 1.00. The number of nitrogens with zero attached hydrogens (tertiary/aromatic N) is 1. The van der Waals surface area contributed by atoms with Crippen LogP contribution in [0.3, 0.4) is 0 Å². The number of aliphatic hydroxyl groups excluding tert-OH is 1. The number of halogens is 1. The molecule has 0 aliphatic carbocycles. The standard InChI is InChI=1S/C7H14ClNO2/c1-11-7-4-9(8)3-2-6(7)5-10/h6-7,10H,2-5H2,1H3. The molecule has 0 bridgehead atoms. The molecule has 1 fully saturated rings. The van der Waals surface area contributed by atoms with Gasteiger partial charge in [0.15, 0.2) is 0 Å². The largest absolute Gasteiger partial charge is 0.396 e. The highest BCUT2D eigenvalue weighted by Gasteiger charge is 2.27. The molecule has 3 nitrogen and oxygen atoms in total.